The van der Waals surface area contributed by atoms with Gasteiger partial charge in [-0.1, -0.05) is 186 Å². The number of amides is 1. The molecule has 2 unspecified atom stereocenters. The largest absolute Gasteiger partial charge is 0.466 e. The lowest BCUT2D eigenvalue weighted by molar-refractivity contribution is -0.143. The first-order chi connectivity index (χ1) is 25.5. The molecule has 0 radical (unpaired) electrons. The Hall–Kier alpha value is -1.66. The molecule has 306 valence electrons. The van der Waals surface area contributed by atoms with Crippen LogP contribution < -0.4 is 5.32 Å². The molecular formula is C46H87NO5. The quantitative estimate of drug-likeness (QED) is 0.0330. The molecule has 0 aliphatic carbocycles. The van der Waals surface area contributed by atoms with E-state index in [4.69, 9.17) is 4.74 Å². The van der Waals surface area contributed by atoms with E-state index in [1.807, 2.05) is 6.08 Å². The van der Waals surface area contributed by atoms with Crippen LogP contribution in [-0.4, -0.2) is 47.4 Å². The van der Waals surface area contributed by atoms with Crippen molar-refractivity contribution >= 4 is 11.9 Å². The Bertz CT molecular complexity index is 813. The zero-order valence-corrected chi connectivity index (χ0v) is 34.5. The third kappa shape index (κ3) is 38.1. The summed E-state index contributed by atoms with van der Waals surface area (Å²) in [5, 5.41) is 22.9. The molecule has 0 saturated heterocycles. The Morgan fingerprint density at radius 1 is 0.519 bits per heavy atom. The lowest BCUT2D eigenvalue weighted by Gasteiger charge is -2.20. The predicted octanol–water partition coefficient (Wildman–Crippen LogP) is 12.8. The number of hydrogen-bond donors (Lipinski definition) is 3. The van der Waals surface area contributed by atoms with Gasteiger partial charge in [0.15, 0.2) is 0 Å². The molecule has 1 amide bonds. The molecule has 0 fully saturated rings. The van der Waals surface area contributed by atoms with E-state index in [0.29, 0.717) is 19.4 Å². The first kappa shape index (κ1) is 50.3. The molecule has 0 aromatic carbocycles. The Kier molecular flexibility index (Phi) is 40.7. The number of aliphatic hydroxyl groups excluding tert-OH is 2. The minimum atomic E-state index is -0.857. The van der Waals surface area contributed by atoms with Gasteiger partial charge in [-0.3, -0.25) is 9.59 Å². The average Bonchev–Trinajstić information content (AvgIpc) is 3.14. The van der Waals surface area contributed by atoms with Crippen molar-refractivity contribution in [1.82, 2.24) is 5.32 Å². The highest BCUT2D eigenvalue weighted by atomic mass is 16.5. The summed E-state index contributed by atoms with van der Waals surface area (Å²) >= 11 is 0. The number of aliphatic hydroxyl groups is 2. The zero-order valence-electron chi connectivity index (χ0n) is 34.5. The maximum Gasteiger partial charge on any atom is 0.305 e. The number of carbonyl (C=O) groups excluding carboxylic acids is 2. The van der Waals surface area contributed by atoms with Crippen molar-refractivity contribution < 1.29 is 24.5 Å². The highest BCUT2D eigenvalue weighted by Gasteiger charge is 2.18. The van der Waals surface area contributed by atoms with Gasteiger partial charge >= 0.3 is 5.97 Å². The van der Waals surface area contributed by atoms with E-state index in [2.05, 4.69) is 31.3 Å². The van der Waals surface area contributed by atoms with Crippen LogP contribution in [0.3, 0.4) is 0 Å². The molecule has 3 N–H and O–H groups in total. The van der Waals surface area contributed by atoms with Crippen molar-refractivity contribution in [3.8, 4) is 0 Å². The summed E-state index contributed by atoms with van der Waals surface area (Å²) < 4.78 is 5.42. The monoisotopic (exact) mass is 734 g/mol. The molecule has 0 heterocycles. The number of carbonyl (C=O) groups is 2. The molecule has 52 heavy (non-hydrogen) atoms. The second-order valence-corrected chi connectivity index (χ2v) is 15.4. The Labute approximate surface area is 322 Å². The van der Waals surface area contributed by atoms with Crippen LogP contribution >= 0.6 is 0 Å². The third-order valence-corrected chi connectivity index (χ3v) is 10.2. The molecule has 6 nitrogen and oxygen atoms in total. The standard InChI is InChI=1S/C46H87NO5/c1-3-5-7-9-11-13-15-17-18-22-26-30-34-38-44(49)43(42-48)47-45(50)39-35-31-27-23-20-21-25-29-33-37-41-52-46(51)40-36-32-28-24-19-16-14-12-10-8-6-4-2/h12,14,34,38,43-44,48-49H,3-11,13,15-33,35-37,39-42H2,1-2H3,(H,47,50)/b14-12-,38-34+. The van der Waals surface area contributed by atoms with Crippen molar-refractivity contribution in [3.63, 3.8) is 0 Å². The van der Waals surface area contributed by atoms with Gasteiger partial charge in [0.2, 0.25) is 5.91 Å². The molecule has 0 spiro atoms. The molecule has 0 rings (SSSR count). The smallest absolute Gasteiger partial charge is 0.305 e. The van der Waals surface area contributed by atoms with E-state index in [1.165, 1.54) is 148 Å². The summed E-state index contributed by atoms with van der Waals surface area (Å²) in [5.74, 6) is -0.124. The molecule has 0 aromatic rings. The number of esters is 1. The fourth-order valence-electron chi connectivity index (χ4n) is 6.68. The molecule has 0 aromatic heterocycles. The normalized spacial score (nSPS) is 12.9. The van der Waals surface area contributed by atoms with Crippen LogP contribution in [0.15, 0.2) is 24.3 Å². The first-order valence-electron chi connectivity index (χ1n) is 22.6. The van der Waals surface area contributed by atoms with Crippen molar-refractivity contribution in [2.75, 3.05) is 13.2 Å². The van der Waals surface area contributed by atoms with Gasteiger partial charge in [-0.15, -0.1) is 0 Å². The van der Waals surface area contributed by atoms with E-state index in [0.717, 1.165) is 57.8 Å². The fraction of sp³-hybridized carbons (Fsp3) is 0.870. The van der Waals surface area contributed by atoms with E-state index < -0.39 is 12.1 Å². The zero-order chi connectivity index (χ0) is 38.0. The molecule has 0 aliphatic heterocycles. The molecular weight excluding hydrogens is 647 g/mol. The van der Waals surface area contributed by atoms with Gasteiger partial charge in [0.1, 0.15) is 0 Å². The van der Waals surface area contributed by atoms with Gasteiger partial charge in [-0.2, -0.15) is 0 Å². The second kappa shape index (κ2) is 42.1. The van der Waals surface area contributed by atoms with Gasteiger partial charge < -0.3 is 20.3 Å². The highest BCUT2D eigenvalue weighted by Crippen LogP contribution is 2.14. The summed E-state index contributed by atoms with van der Waals surface area (Å²) in [5.41, 5.74) is 0. The Morgan fingerprint density at radius 2 is 0.904 bits per heavy atom. The van der Waals surface area contributed by atoms with Crippen molar-refractivity contribution in [1.29, 1.82) is 0 Å². The van der Waals surface area contributed by atoms with Crippen molar-refractivity contribution in [3.05, 3.63) is 24.3 Å². The van der Waals surface area contributed by atoms with Gasteiger partial charge in [0.25, 0.3) is 0 Å². The second-order valence-electron chi connectivity index (χ2n) is 15.4. The fourth-order valence-corrected chi connectivity index (χ4v) is 6.68. The third-order valence-electron chi connectivity index (χ3n) is 10.2. The summed E-state index contributed by atoms with van der Waals surface area (Å²) in [6.07, 6.45) is 47.3. The van der Waals surface area contributed by atoms with Crippen LogP contribution in [0.4, 0.5) is 0 Å². The molecule has 6 heteroatoms. The molecule has 2 atom stereocenters. The van der Waals surface area contributed by atoms with E-state index >= 15 is 0 Å². The van der Waals surface area contributed by atoms with Gasteiger partial charge in [-0.25, -0.2) is 0 Å². The predicted molar refractivity (Wildman–Crippen MR) is 223 cm³/mol. The summed E-state index contributed by atoms with van der Waals surface area (Å²) in [6.45, 7) is 4.80. The van der Waals surface area contributed by atoms with Crippen LogP contribution in [0.2, 0.25) is 0 Å². The lowest BCUT2D eigenvalue weighted by atomic mass is 10.0. The topological polar surface area (TPSA) is 95.9 Å². The SMILES string of the molecule is CCCCC/C=C\CCCCCCCC(=O)OCCCCCCCCCCCCC(=O)NC(CO)C(O)/C=C/CCCCCCCCCCCCC. The van der Waals surface area contributed by atoms with Crippen LogP contribution in [-0.2, 0) is 14.3 Å². The Morgan fingerprint density at radius 3 is 1.40 bits per heavy atom. The van der Waals surface area contributed by atoms with Gasteiger partial charge in [0.05, 0.1) is 25.4 Å². The minimum absolute atomic E-state index is 0.0318. The summed E-state index contributed by atoms with van der Waals surface area (Å²) in [7, 11) is 0. The first-order valence-corrected chi connectivity index (χ1v) is 22.6. The highest BCUT2D eigenvalue weighted by molar-refractivity contribution is 5.76. The van der Waals surface area contributed by atoms with E-state index in [1.54, 1.807) is 6.08 Å². The molecule has 0 bridgehead atoms. The van der Waals surface area contributed by atoms with Crippen molar-refractivity contribution in [2.24, 2.45) is 0 Å². The van der Waals surface area contributed by atoms with Gasteiger partial charge in [0, 0.05) is 12.8 Å². The number of ether oxygens (including phenoxy) is 1. The number of nitrogens with one attached hydrogen (secondary N) is 1. The molecule has 0 saturated carbocycles. The maximum absolute atomic E-state index is 12.4. The van der Waals surface area contributed by atoms with Crippen LogP contribution in [0.1, 0.15) is 232 Å². The number of hydrogen-bond acceptors (Lipinski definition) is 5. The lowest BCUT2D eigenvalue weighted by Crippen LogP contribution is -2.45. The van der Waals surface area contributed by atoms with Crippen LogP contribution in [0, 0.1) is 0 Å². The summed E-state index contributed by atoms with van der Waals surface area (Å²) in [4.78, 5) is 24.3. The average molecular weight is 734 g/mol. The van der Waals surface area contributed by atoms with E-state index in [-0.39, 0.29) is 18.5 Å². The van der Waals surface area contributed by atoms with Gasteiger partial charge in [-0.05, 0) is 57.8 Å². The van der Waals surface area contributed by atoms with Crippen LogP contribution in [0.25, 0.3) is 0 Å². The maximum atomic E-state index is 12.4. The number of rotatable bonds is 41. The van der Waals surface area contributed by atoms with Crippen LogP contribution in [0.5, 0.6) is 0 Å². The van der Waals surface area contributed by atoms with Crippen molar-refractivity contribution in [2.45, 2.75) is 244 Å². The Balaban J connectivity index is 3.54. The molecule has 0 aliphatic rings. The summed E-state index contributed by atoms with van der Waals surface area (Å²) in [6, 6.07) is -0.643. The van der Waals surface area contributed by atoms with E-state index in [9.17, 15) is 19.8 Å². The number of allylic oxidation sites excluding steroid dienone is 3. The number of unbranched alkanes of at least 4 members (excludes halogenated alkanes) is 28. The minimum Gasteiger partial charge on any atom is -0.466 e.